The second-order valence-corrected chi connectivity index (χ2v) is 14.6. The van der Waals surface area contributed by atoms with Gasteiger partial charge in [0, 0.05) is 13.3 Å². The van der Waals surface area contributed by atoms with Crippen molar-refractivity contribution in [2.45, 2.75) is 175 Å². The standard InChI is InChI=1S/C32H55NO23/c1-8(37)12-4-11(39)29(50-12)55-26-20(43)14(6-35)49-28(47)27(26)56-30-16(33-10(3)38)24(19(42)15(7-36)51-30)53-32-23(46)25(17(40)9(2)48-32)54-31-22(45)21(44)18(41)13(5-34)52-31/h8-9,11-32,34-37,39-47H,4-7H2,1-3H3,(H,33,38)/t8-,9+,11-,12+,13-,14-,15-,16-,17-,18-,19+,20-,21+,22+,23+,24-,25-,26+,27+,28?,29+,30+,31-,32+/m1/s1. The van der Waals surface area contributed by atoms with Crippen molar-refractivity contribution in [1.29, 1.82) is 0 Å². The number of aliphatic hydroxyl groups excluding tert-OH is 13. The minimum absolute atomic E-state index is 0.0657. The number of carbonyl (C=O) groups is 1. The molecule has 1 unspecified atom stereocenters. The number of rotatable bonds is 13. The lowest BCUT2D eigenvalue weighted by Gasteiger charge is -2.50. The second kappa shape index (κ2) is 19.3. The third-order valence-electron chi connectivity index (χ3n) is 10.5. The Hall–Kier alpha value is -1.41. The molecular formula is C32H55NO23. The van der Waals surface area contributed by atoms with Crippen LogP contribution >= 0.6 is 0 Å². The van der Waals surface area contributed by atoms with Crippen LogP contribution in [0.2, 0.25) is 0 Å². The fourth-order valence-corrected chi connectivity index (χ4v) is 7.26. The summed E-state index contributed by atoms with van der Waals surface area (Å²) in [6, 6.07) is -1.61. The summed E-state index contributed by atoms with van der Waals surface area (Å²) in [5, 5.41) is 139. The van der Waals surface area contributed by atoms with Crippen LogP contribution in [-0.4, -0.2) is 239 Å². The van der Waals surface area contributed by atoms with E-state index < -0.39 is 173 Å². The largest absolute Gasteiger partial charge is 0.394 e. The summed E-state index contributed by atoms with van der Waals surface area (Å²) in [6.45, 7) is 1.32. The highest BCUT2D eigenvalue weighted by Gasteiger charge is 2.56. The topological polar surface area (TPSA) is 375 Å². The van der Waals surface area contributed by atoms with Crippen LogP contribution in [0.1, 0.15) is 27.2 Å². The first-order valence-electron chi connectivity index (χ1n) is 18.2. The van der Waals surface area contributed by atoms with Crippen LogP contribution in [0, 0.1) is 0 Å². The Kier molecular flexibility index (Phi) is 15.8. The monoisotopic (exact) mass is 821 g/mol. The Morgan fingerprint density at radius 1 is 0.607 bits per heavy atom. The van der Waals surface area contributed by atoms with E-state index in [2.05, 4.69) is 5.32 Å². The maximum absolute atomic E-state index is 12.6. The minimum Gasteiger partial charge on any atom is -0.394 e. The quantitative estimate of drug-likeness (QED) is 0.0820. The smallest absolute Gasteiger partial charge is 0.217 e. The molecule has 24 atom stereocenters. The van der Waals surface area contributed by atoms with Crippen molar-refractivity contribution >= 4 is 5.91 Å². The molecule has 0 radical (unpaired) electrons. The number of ether oxygens (including phenoxy) is 9. The Bertz CT molecular complexity index is 1250. The van der Waals surface area contributed by atoms with Crippen molar-refractivity contribution in [2.24, 2.45) is 0 Å². The first-order chi connectivity index (χ1) is 26.4. The average Bonchev–Trinajstić information content (AvgIpc) is 3.53. The summed E-state index contributed by atoms with van der Waals surface area (Å²) in [5.41, 5.74) is 0. The van der Waals surface area contributed by atoms with Crippen LogP contribution in [0.15, 0.2) is 0 Å². The Labute approximate surface area is 319 Å². The first kappa shape index (κ1) is 45.7. The van der Waals surface area contributed by atoms with Gasteiger partial charge < -0.3 is 114 Å². The normalized spacial score (nSPS) is 50.8. The lowest BCUT2D eigenvalue weighted by Crippen LogP contribution is -2.70. The second-order valence-electron chi connectivity index (χ2n) is 14.6. The molecule has 5 fully saturated rings. The van der Waals surface area contributed by atoms with Gasteiger partial charge in [-0.25, -0.2) is 0 Å². The summed E-state index contributed by atoms with van der Waals surface area (Å²) in [7, 11) is 0. The van der Waals surface area contributed by atoms with Crippen LogP contribution in [0.4, 0.5) is 0 Å². The summed E-state index contributed by atoms with van der Waals surface area (Å²) >= 11 is 0. The molecule has 5 aliphatic heterocycles. The van der Waals surface area contributed by atoms with Crippen molar-refractivity contribution in [3.63, 3.8) is 0 Å². The van der Waals surface area contributed by atoms with Gasteiger partial charge in [-0.1, -0.05) is 0 Å². The molecule has 5 aliphatic rings. The molecule has 0 aromatic rings. The van der Waals surface area contributed by atoms with Crippen LogP contribution < -0.4 is 5.32 Å². The van der Waals surface area contributed by atoms with E-state index in [4.69, 9.17) is 42.6 Å². The lowest BCUT2D eigenvalue weighted by atomic mass is 9.94. The predicted molar refractivity (Wildman–Crippen MR) is 174 cm³/mol. The van der Waals surface area contributed by atoms with E-state index in [1.54, 1.807) is 0 Å². The van der Waals surface area contributed by atoms with E-state index in [1.165, 1.54) is 13.8 Å². The van der Waals surface area contributed by atoms with E-state index in [-0.39, 0.29) is 6.42 Å². The predicted octanol–water partition coefficient (Wildman–Crippen LogP) is -8.70. The lowest BCUT2D eigenvalue weighted by molar-refractivity contribution is -0.383. The number of hydrogen-bond donors (Lipinski definition) is 14. The van der Waals surface area contributed by atoms with Gasteiger partial charge in [0.2, 0.25) is 5.91 Å². The molecule has 24 heteroatoms. The van der Waals surface area contributed by atoms with E-state index in [9.17, 15) is 71.2 Å². The fourth-order valence-electron chi connectivity index (χ4n) is 7.26. The van der Waals surface area contributed by atoms with Crippen molar-refractivity contribution < 1.29 is 114 Å². The van der Waals surface area contributed by atoms with Crippen molar-refractivity contribution in [2.75, 3.05) is 19.8 Å². The summed E-state index contributed by atoms with van der Waals surface area (Å²) < 4.78 is 51.3. The molecule has 0 saturated carbocycles. The molecular weight excluding hydrogens is 766 g/mol. The molecule has 0 aromatic heterocycles. The van der Waals surface area contributed by atoms with Crippen molar-refractivity contribution in [3.8, 4) is 0 Å². The third-order valence-corrected chi connectivity index (χ3v) is 10.5. The van der Waals surface area contributed by atoms with Gasteiger partial charge in [-0.3, -0.25) is 4.79 Å². The molecule has 56 heavy (non-hydrogen) atoms. The van der Waals surface area contributed by atoms with Gasteiger partial charge >= 0.3 is 0 Å². The van der Waals surface area contributed by atoms with Gasteiger partial charge in [0.05, 0.1) is 38.1 Å². The van der Waals surface area contributed by atoms with Crippen LogP contribution in [0.3, 0.4) is 0 Å². The first-order valence-corrected chi connectivity index (χ1v) is 18.2. The van der Waals surface area contributed by atoms with E-state index in [0.29, 0.717) is 0 Å². The molecule has 14 N–H and O–H groups in total. The van der Waals surface area contributed by atoms with Gasteiger partial charge in [0.1, 0.15) is 97.6 Å². The van der Waals surface area contributed by atoms with Crippen molar-refractivity contribution in [3.05, 3.63) is 0 Å². The Morgan fingerprint density at radius 2 is 1.12 bits per heavy atom. The molecule has 0 aliphatic carbocycles. The Morgan fingerprint density at radius 3 is 1.71 bits per heavy atom. The molecule has 1 amide bonds. The van der Waals surface area contributed by atoms with Gasteiger partial charge in [0.25, 0.3) is 0 Å². The van der Waals surface area contributed by atoms with E-state index in [0.717, 1.165) is 6.92 Å². The van der Waals surface area contributed by atoms with E-state index in [1.807, 2.05) is 0 Å². The SMILES string of the molecule is CC(=O)N[C@H]1[C@H](O[C@@H]2C(O)O[C@H](CO)[C@@H](O)[C@@H]2O[C@@H]2O[C@H]([C@@H](C)O)C[C@H]2O)O[C@H](CO)[C@H](O)[C@@H]1O[C@@H]1O[C@@H](C)[C@@H](O)[C@@H](O[C@H]2O[C@H](CO)[C@@H](O)[C@H](O)[C@@H]2O)[C@@H]1O. The zero-order valence-corrected chi connectivity index (χ0v) is 30.6. The molecule has 5 rings (SSSR count). The maximum Gasteiger partial charge on any atom is 0.217 e. The fraction of sp³-hybridized carbons (Fsp3) is 0.969. The zero-order valence-electron chi connectivity index (χ0n) is 30.6. The number of aliphatic hydroxyl groups is 13. The summed E-state index contributed by atoms with van der Waals surface area (Å²) in [6.07, 6.45) is -37.5. The number of nitrogens with one attached hydrogen (secondary N) is 1. The van der Waals surface area contributed by atoms with Gasteiger partial charge in [0.15, 0.2) is 31.5 Å². The number of hydrogen-bond acceptors (Lipinski definition) is 23. The van der Waals surface area contributed by atoms with Gasteiger partial charge in [-0.2, -0.15) is 0 Å². The summed E-state index contributed by atoms with van der Waals surface area (Å²) in [4.78, 5) is 12.6. The maximum atomic E-state index is 12.6. The molecule has 326 valence electrons. The molecule has 5 saturated heterocycles. The Balaban J connectivity index is 1.40. The molecule has 0 spiro atoms. The van der Waals surface area contributed by atoms with Crippen LogP contribution in [0.5, 0.6) is 0 Å². The van der Waals surface area contributed by atoms with Crippen LogP contribution in [-0.2, 0) is 47.4 Å². The highest BCUT2D eigenvalue weighted by atomic mass is 16.8. The molecule has 0 bridgehead atoms. The number of amides is 1. The highest BCUT2D eigenvalue weighted by molar-refractivity contribution is 5.73. The molecule has 24 nitrogen and oxygen atoms in total. The summed E-state index contributed by atoms with van der Waals surface area (Å²) in [5.74, 6) is -0.756. The van der Waals surface area contributed by atoms with Gasteiger partial charge in [-0.15, -0.1) is 0 Å². The molecule has 5 heterocycles. The van der Waals surface area contributed by atoms with Gasteiger partial charge in [-0.05, 0) is 13.8 Å². The average molecular weight is 822 g/mol. The zero-order chi connectivity index (χ0) is 41.3. The minimum atomic E-state index is -2.00. The molecule has 0 aromatic carbocycles. The van der Waals surface area contributed by atoms with Crippen molar-refractivity contribution in [1.82, 2.24) is 5.32 Å². The van der Waals surface area contributed by atoms with E-state index >= 15 is 0 Å². The third kappa shape index (κ3) is 9.63. The van der Waals surface area contributed by atoms with Crippen LogP contribution in [0.25, 0.3) is 0 Å². The highest BCUT2D eigenvalue weighted by Crippen LogP contribution is 2.36. The number of carbonyl (C=O) groups excluding carboxylic acids is 1.